The van der Waals surface area contributed by atoms with Crippen LogP contribution in [0.2, 0.25) is 0 Å². The third-order valence-electron chi connectivity index (χ3n) is 3.51. The highest BCUT2D eigenvalue weighted by atomic mass is 16.5. The average molecular weight is 264 g/mol. The summed E-state index contributed by atoms with van der Waals surface area (Å²) in [7, 11) is 1.61. The van der Waals surface area contributed by atoms with E-state index in [1.54, 1.807) is 7.11 Å². The van der Waals surface area contributed by atoms with Crippen molar-refractivity contribution in [3.05, 3.63) is 24.3 Å². The zero-order valence-electron chi connectivity index (χ0n) is 11.3. The van der Waals surface area contributed by atoms with Gasteiger partial charge in [0.25, 0.3) is 0 Å². The number of nitrogens with zero attached hydrogens (tertiary/aromatic N) is 1. The molecule has 0 aromatic heterocycles. The van der Waals surface area contributed by atoms with E-state index in [0.29, 0.717) is 12.3 Å². The van der Waals surface area contributed by atoms with Crippen LogP contribution in [0.3, 0.4) is 0 Å². The summed E-state index contributed by atoms with van der Waals surface area (Å²) in [6.07, 6.45) is 0.834. The molecule has 2 atom stereocenters. The van der Waals surface area contributed by atoms with Crippen LogP contribution in [0.5, 0.6) is 5.75 Å². The molecular formula is C14H20N2O3. The van der Waals surface area contributed by atoms with E-state index in [4.69, 9.17) is 4.74 Å². The molecule has 1 aromatic rings. The number of hydrogen-bond acceptors (Lipinski definition) is 4. The monoisotopic (exact) mass is 264 g/mol. The number of para-hydroxylation sites is 2. The van der Waals surface area contributed by atoms with Gasteiger partial charge in [-0.1, -0.05) is 12.1 Å². The quantitative estimate of drug-likeness (QED) is 0.846. The van der Waals surface area contributed by atoms with Crippen molar-refractivity contribution in [1.82, 2.24) is 5.32 Å². The maximum Gasteiger partial charge on any atom is 0.245 e. The summed E-state index contributed by atoms with van der Waals surface area (Å²) < 4.78 is 5.36. The fourth-order valence-electron chi connectivity index (χ4n) is 2.51. The first-order valence-corrected chi connectivity index (χ1v) is 6.49. The number of carbonyl (C=O) groups excluding carboxylic acids is 1. The number of nitrogens with one attached hydrogen (secondary N) is 1. The Bertz CT molecular complexity index is 450. The smallest absolute Gasteiger partial charge is 0.245 e. The van der Waals surface area contributed by atoms with Gasteiger partial charge in [0.15, 0.2) is 0 Å². The number of hydrogen-bond donors (Lipinski definition) is 2. The molecule has 1 saturated heterocycles. The van der Waals surface area contributed by atoms with Crippen LogP contribution in [0.4, 0.5) is 5.69 Å². The van der Waals surface area contributed by atoms with E-state index < -0.39 is 6.04 Å². The molecule has 2 unspecified atom stereocenters. The molecule has 1 aromatic carbocycles. The van der Waals surface area contributed by atoms with Crippen molar-refractivity contribution in [3.63, 3.8) is 0 Å². The van der Waals surface area contributed by atoms with Crippen molar-refractivity contribution in [3.8, 4) is 5.75 Å². The molecule has 2 N–H and O–H groups in total. The molecule has 0 radical (unpaired) electrons. The summed E-state index contributed by atoms with van der Waals surface area (Å²) in [5, 5.41) is 12.4. The number of aliphatic hydroxyl groups is 1. The summed E-state index contributed by atoms with van der Waals surface area (Å²) >= 11 is 0. The lowest BCUT2D eigenvalue weighted by molar-refractivity contribution is -0.122. The standard InChI is InChI=1S/C14H20N2O3/c1-10-7-8-15-14(18)12(9-17)16(10)11-5-3-4-6-13(11)19-2/h3-6,10,12,17H,7-9H2,1-2H3,(H,15,18). The molecule has 1 aliphatic heterocycles. The Morgan fingerprint density at radius 3 is 2.89 bits per heavy atom. The molecule has 1 heterocycles. The molecule has 0 saturated carbocycles. The minimum atomic E-state index is -0.575. The molecular weight excluding hydrogens is 244 g/mol. The van der Waals surface area contributed by atoms with E-state index in [1.165, 1.54) is 0 Å². The van der Waals surface area contributed by atoms with Crippen molar-refractivity contribution in [2.75, 3.05) is 25.2 Å². The van der Waals surface area contributed by atoms with E-state index >= 15 is 0 Å². The average Bonchev–Trinajstić information content (AvgIpc) is 2.57. The van der Waals surface area contributed by atoms with Crippen LogP contribution in [-0.4, -0.2) is 43.4 Å². The zero-order chi connectivity index (χ0) is 13.8. The van der Waals surface area contributed by atoms with Crippen LogP contribution in [0.15, 0.2) is 24.3 Å². The highest BCUT2D eigenvalue weighted by Crippen LogP contribution is 2.32. The van der Waals surface area contributed by atoms with E-state index in [9.17, 15) is 9.90 Å². The fraction of sp³-hybridized carbons (Fsp3) is 0.500. The lowest BCUT2D eigenvalue weighted by Gasteiger charge is -2.35. The molecule has 104 valence electrons. The maximum absolute atomic E-state index is 12.0. The van der Waals surface area contributed by atoms with E-state index in [2.05, 4.69) is 12.2 Å². The van der Waals surface area contributed by atoms with Gasteiger partial charge in [-0.15, -0.1) is 0 Å². The highest BCUT2D eigenvalue weighted by Gasteiger charge is 2.33. The molecule has 1 aliphatic rings. The van der Waals surface area contributed by atoms with Gasteiger partial charge in [-0.3, -0.25) is 4.79 Å². The van der Waals surface area contributed by atoms with E-state index in [1.807, 2.05) is 29.2 Å². The second-order valence-corrected chi connectivity index (χ2v) is 4.71. The normalized spacial score (nSPS) is 23.7. The van der Waals surface area contributed by atoms with E-state index in [0.717, 1.165) is 12.1 Å². The number of ether oxygens (including phenoxy) is 1. The van der Waals surface area contributed by atoms with Crippen LogP contribution in [0.1, 0.15) is 13.3 Å². The largest absolute Gasteiger partial charge is 0.495 e. The maximum atomic E-state index is 12.0. The van der Waals surface area contributed by atoms with Crippen LogP contribution < -0.4 is 15.0 Å². The minimum absolute atomic E-state index is 0.141. The van der Waals surface area contributed by atoms with Gasteiger partial charge in [0.1, 0.15) is 11.8 Å². The molecule has 2 rings (SSSR count). The predicted octanol–water partition coefficient (Wildman–Crippen LogP) is 0.771. The van der Waals surface area contributed by atoms with Crippen LogP contribution in [0.25, 0.3) is 0 Å². The molecule has 5 heteroatoms. The van der Waals surface area contributed by atoms with Gasteiger partial charge >= 0.3 is 0 Å². The van der Waals surface area contributed by atoms with Crippen molar-refractivity contribution in [1.29, 1.82) is 0 Å². The first-order chi connectivity index (χ1) is 9.19. The Kier molecular flexibility index (Phi) is 4.27. The van der Waals surface area contributed by atoms with Crippen LogP contribution >= 0.6 is 0 Å². The van der Waals surface area contributed by atoms with Crippen molar-refractivity contribution in [2.24, 2.45) is 0 Å². The molecule has 1 fully saturated rings. The zero-order valence-corrected chi connectivity index (χ0v) is 11.3. The third kappa shape index (κ3) is 2.66. The molecule has 0 bridgehead atoms. The topological polar surface area (TPSA) is 61.8 Å². The fourth-order valence-corrected chi connectivity index (χ4v) is 2.51. The number of benzene rings is 1. The second kappa shape index (κ2) is 5.93. The molecule has 19 heavy (non-hydrogen) atoms. The summed E-state index contributed by atoms with van der Waals surface area (Å²) in [5.41, 5.74) is 0.841. The van der Waals surface area contributed by atoms with Crippen molar-refractivity contribution < 1.29 is 14.6 Å². The third-order valence-corrected chi connectivity index (χ3v) is 3.51. The molecule has 0 spiro atoms. The lowest BCUT2D eigenvalue weighted by atomic mass is 10.1. The van der Waals surface area contributed by atoms with Gasteiger partial charge in [-0.25, -0.2) is 0 Å². The Labute approximate surface area is 113 Å². The summed E-state index contributed by atoms with van der Waals surface area (Å²) in [4.78, 5) is 14.0. The number of rotatable bonds is 3. The first kappa shape index (κ1) is 13.7. The van der Waals surface area contributed by atoms with Gasteiger partial charge in [0, 0.05) is 12.6 Å². The summed E-state index contributed by atoms with van der Waals surface area (Å²) in [5.74, 6) is 0.570. The Morgan fingerprint density at radius 1 is 1.47 bits per heavy atom. The van der Waals surface area contributed by atoms with Gasteiger partial charge in [0.05, 0.1) is 19.4 Å². The van der Waals surface area contributed by atoms with Crippen LogP contribution in [0, 0.1) is 0 Å². The number of amides is 1. The Morgan fingerprint density at radius 2 is 2.21 bits per heavy atom. The molecule has 1 amide bonds. The van der Waals surface area contributed by atoms with Crippen molar-refractivity contribution >= 4 is 11.6 Å². The van der Waals surface area contributed by atoms with E-state index in [-0.39, 0.29) is 18.6 Å². The predicted molar refractivity (Wildman–Crippen MR) is 73.4 cm³/mol. The number of aliphatic hydroxyl groups excluding tert-OH is 1. The van der Waals surface area contributed by atoms with Crippen LogP contribution in [-0.2, 0) is 4.79 Å². The SMILES string of the molecule is COc1ccccc1N1C(C)CCNC(=O)C1CO. The molecule has 0 aliphatic carbocycles. The second-order valence-electron chi connectivity index (χ2n) is 4.71. The van der Waals surface area contributed by atoms with Gasteiger partial charge < -0.3 is 20.1 Å². The Hall–Kier alpha value is -1.75. The number of carbonyl (C=O) groups is 1. The summed E-state index contributed by atoms with van der Waals surface area (Å²) in [6, 6.07) is 7.14. The number of anilines is 1. The lowest BCUT2D eigenvalue weighted by Crippen LogP contribution is -2.49. The first-order valence-electron chi connectivity index (χ1n) is 6.49. The van der Waals surface area contributed by atoms with Gasteiger partial charge in [-0.05, 0) is 25.5 Å². The van der Waals surface area contributed by atoms with Gasteiger partial charge in [-0.2, -0.15) is 0 Å². The highest BCUT2D eigenvalue weighted by molar-refractivity contribution is 5.86. The van der Waals surface area contributed by atoms with Gasteiger partial charge in [0.2, 0.25) is 5.91 Å². The molecule has 5 nitrogen and oxygen atoms in total. The Balaban J connectivity index is 2.44. The number of methoxy groups -OCH3 is 1. The van der Waals surface area contributed by atoms with Crippen molar-refractivity contribution in [2.45, 2.75) is 25.4 Å². The summed E-state index contributed by atoms with van der Waals surface area (Å²) in [6.45, 7) is 2.46. The minimum Gasteiger partial charge on any atom is -0.495 e.